The molecule has 0 radical (unpaired) electrons. The number of piperazine rings is 1. The van der Waals surface area contributed by atoms with E-state index in [0.717, 1.165) is 106 Å². The predicted molar refractivity (Wildman–Crippen MR) is 230 cm³/mol. The zero-order valence-corrected chi connectivity index (χ0v) is 35.1. The molecule has 3 aromatic heterocycles. The number of alkyl halides is 3. The number of aryl methyl sites for hydroxylation is 2. The molecule has 3 aliphatic heterocycles. The van der Waals surface area contributed by atoms with Gasteiger partial charge in [0.05, 0.1) is 23.6 Å². The quantitative estimate of drug-likeness (QED) is 0.138. The molecule has 5 aromatic rings. The fourth-order valence-electron chi connectivity index (χ4n) is 9.87. The number of rotatable bonds is 13. The van der Waals surface area contributed by atoms with Gasteiger partial charge in [-0.2, -0.15) is 18.2 Å². The minimum absolute atomic E-state index is 0.136. The molecule has 1 saturated carbocycles. The summed E-state index contributed by atoms with van der Waals surface area (Å²) in [6.07, 6.45) is 3.71. The summed E-state index contributed by atoms with van der Waals surface area (Å²) in [5.74, 6) is -0.547. The predicted octanol–water partition coefficient (Wildman–Crippen LogP) is 5.00. The highest BCUT2D eigenvalue weighted by Crippen LogP contribution is 2.37. The lowest BCUT2D eigenvalue weighted by Gasteiger charge is -2.48. The Kier molecular flexibility index (Phi) is 12.0. The third-order valence-electron chi connectivity index (χ3n) is 13.5. The number of aromatic nitrogens is 5. The smallest absolute Gasteiger partial charge is 0.390 e. The number of nitrogens with one attached hydrogen (secondary N) is 2. The highest BCUT2D eigenvalue weighted by molar-refractivity contribution is 6.00. The van der Waals surface area contributed by atoms with E-state index in [0.29, 0.717) is 36.5 Å². The van der Waals surface area contributed by atoms with Crippen LogP contribution in [0, 0.1) is 0 Å². The molecule has 4 aliphatic rings. The number of nitrogens with zero attached hydrogens (tertiary/aromatic N) is 8. The maximum Gasteiger partial charge on any atom is 0.390 e. The average Bonchev–Trinajstić information content (AvgIpc) is 3.73. The lowest BCUT2D eigenvalue weighted by atomic mass is 9.93. The normalized spacial score (nSPS) is 22.4. The van der Waals surface area contributed by atoms with Gasteiger partial charge in [-0.3, -0.25) is 33.8 Å². The topological polar surface area (TPSA) is 146 Å². The van der Waals surface area contributed by atoms with Crippen molar-refractivity contribution >= 4 is 39.8 Å². The summed E-state index contributed by atoms with van der Waals surface area (Å²) in [6, 6.07) is 14.7. The van der Waals surface area contributed by atoms with Gasteiger partial charge in [-0.15, -0.1) is 0 Å². The van der Waals surface area contributed by atoms with E-state index < -0.39 is 24.5 Å². The number of halogens is 3. The highest BCUT2D eigenvalue weighted by atomic mass is 19.4. The van der Waals surface area contributed by atoms with Crippen molar-refractivity contribution in [2.75, 3.05) is 57.7 Å². The van der Waals surface area contributed by atoms with E-state index in [-0.39, 0.29) is 42.7 Å². The van der Waals surface area contributed by atoms with Gasteiger partial charge in [-0.1, -0.05) is 30.3 Å². The number of imide groups is 1. The van der Waals surface area contributed by atoms with Crippen LogP contribution in [-0.2, 0) is 29.6 Å². The van der Waals surface area contributed by atoms with Crippen LogP contribution < -0.4 is 16.3 Å². The fourth-order valence-corrected chi connectivity index (χ4v) is 9.87. The molecule has 2 amide bonds. The highest BCUT2D eigenvalue weighted by Gasteiger charge is 2.34. The van der Waals surface area contributed by atoms with Gasteiger partial charge < -0.3 is 19.9 Å². The maximum atomic E-state index is 13.1. The van der Waals surface area contributed by atoms with Crippen molar-refractivity contribution in [1.82, 2.24) is 43.7 Å². The molecule has 2 aromatic carbocycles. The minimum Gasteiger partial charge on any atom is -0.393 e. The van der Waals surface area contributed by atoms with Crippen LogP contribution in [0.5, 0.6) is 0 Å². The number of anilines is 1. The van der Waals surface area contributed by atoms with Crippen LogP contribution in [0.2, 0.25) is 0 Å². The molecule has 0 bridgehead atoms. The summed E-state index contributed by atoms with van der Waals surface area (Å²) in [7, 11) is 1.73. The van der Waals surface area contributed by atoms with Crippen LogP contribution in [0.15, 0.2) is 59.7 Å². The number of aliphatic hydroxyl groups excluding tert-OH is 1. The Labute approximate surface area is 357 Å². The zero-order chi connectivity index (χ0) is 43.1. The largest absolute Gasteiger partial charge is 0.393 e. The first-order valence-corrected chi connectivity index (χ1v) is 22.0. The van der Waals surface area contributed by atoms with Crippen LogP contribution in [-0.4, -0.2) is 126 Å². The number of hydrogen-bond acceptors (Lipinski definition) is 10. The molecule has 0 unspecified atom stereocenters. The summed E-state index contributed by atoms with van der Waals surface area (Å²) in [6.45, 7) is 7.84. The Bertz CT molecular complexity index is 2480. The molecular formula is C45H55F3N10O4. The summed E-state index contributed by atoms with van der Waals surface area (Å²) in [5.41, 5.74) is 6.36. The van der Waals surface area contributed by atoms with E-state index in [1.807, 2.05) is 12.1 Å². The Morgan fingerprint density at radius 3 is 2.35 bits per heavy atom. The van der Waals surface area contributed by atoms with Crippen LogP contribution in [0.25, 0.3) is 33.2 Å². The Balaban J connectivity index is 0.747. The van der Waals surface area contributed by atoms with Gasteiger partial charge in [0.2, 0.25) is 17.8 Å². The van der Waals surface area contributed by atoms with E-state index in [9.17, 15) is 32.7 Å². The number of aliphatic hydroxyl groups is 1. The third-order valence-corrected chi connectivity index (χ3v) is 13.5. The van der Waals surface area contributed by atoms with Crippen molar-refractivity contribution in [3.05, 3.63) is 76.5 Å². The number of carbonyl (C=O) groups excluding carboxylic acids is 2. The van der Waals surface area contributed by atoms with E-state index in [1.54, 1.807) is 17.8 Å². The van der Waals surface area contributed by atoms with E-state index in [4.69, 9.17) is 0 Å². The van der Waals surface area contributed by atoms with Crippen molar-refractivity contribution in [2.45, 2.75) is 94.7 Å². The number of benzene rings is 2. The first-order chi connectivity index (χ1) is 29.9. The molecule has 14 nitrogen and oxygen atoms in total. The number of carbonyl (C=O) groups is 2. The van der Waals surface area contributed by atoms with Gasteiger partial charge in [0.25, 0.3) is 0 Å². The fraction of sp³-hybridized carbons (Fsp3) is 0.533. The van der Waals surface area contributed by atoms with E-state index in [1.165, 1.54) is 10.1 Å². The van der Waals surface area contributed by atoms with Crippen molar-refractivity contribution in [2.24, 2.45) is 7.05 Å². The molecule has 1 atom stereocenters. The third kappa shape index (κ3) is 9.03. The van der Waals surface area contributed by atoms with Crippen LogP contribution in [0.4, 0.5) is 19.1 Å². The standard InChI is InChI=1S/C45H55F3N10O4/c1-53-39-23-29(6-13-37(39)58(44(53)62)38-14-15-40(60)51-42(38)61)3-2-18-55-26-33(27-55)56-21-19-54(20-22-56)25-30-4-7-31(8-5-30)36-28-57(32-9-11-34(59)12-10-32)41-35(36)24-50-43(52-41)49-17-16-45(46,47)48/h4-8,13,23-24,28,32-34,38,59H,2-3,9-12,14-22,25-27H2,1H3,(H,49,50,52)(H,51,60,61)/t32-,34-,38-/m0/s1. The minimum atomic E-state index is -4.26. The van der Waals surface area contributed by atoms with Crippen molar-refractivity contribution < 1.29 is 27.9 Å². The average molecular weight is 857 g/mol. The van der Waals surface area contributed by atoms with Gasteiger partial charge in [0, 0.05) is 101 Å². The zero-order valence-electron chi connectivity index (χ0n) is 35.1. The summed E-state index contributed by atoms with van der Waals surface area (Å²) in [4.78, 5) is 54.1. The molecule has 3 saturated heterocycles. The molecule has 3 N–H and O–H groups in total. The SMILES string of the molecule is Cn1c(=O)n([C@H]2CCC(=O)NC2=O)c2ccc(CCCN3CC(N4CCN(Cc5ccc(-c6cn([C@H]7CC[C@H](O)CC7)c7nc(NCCC(F)(F)F)ncc67)cc5)CC4)C3)cc21. The number of fused-ring (bicyclic) bond motifs is 2. The number of likely N-dealkylation sites (tertiary alicyclic amines) is 1. The molecule has 17 heteroatoms. The molecule has 62 heavy (non-hydrogen) atoms. The summed E-state index contributed by atoms with van der Waals surface area (Å²) < 4.78 is 43.6. The first-order valence-electron chi connectivity index (χ1n) is 22.0. The lowest BCUT2D eigenvalue weighted by Crippen LogP contribution is -2.62. The Hall–Kier alpha value is -5.10. The Morgan fingerprint density at radius 2 is 1.63 bits per heavy atom. The van der Waals surface area contributed by atoms with E-state index in [2.05, 4.69) is 76.4 Å². The second-order valence-electron chi connectivity index (χ2n) is 17.7. The molecule has 1 aliphatic carbocycles. The second-order valence-corrected chi connectivity index (χ2v) is 17.7. The van der Waals surface area contributed by atoms with Gasteiger partial charge in [0.1, 0.15) is 11.7 Å². The lowest BCUT2D eigenvalue weighted by molar-refractivity contribution is -0.136. The summed E-state index contributed by atoms with van der Waals surface area (Å²) in [5, 5.41) is 16.1. The van der Waals surface area contributed by atoms with Crippen LogP contribution in [0.3, 0.4) is 0 Å². The van der Waals surface area contributed by atoms with Gasteiger partial charge in [0.15, 0.2) is 0 Å². The van der Waals surface area contributed by atoms with Crippen LogP contribution in [0.1, 0.15) is 74.6 Å². The number of hydrogen-bond donors (Lipinski definition) is 3. The second kappa shape index (κ2) is 17.6. The monoisotopic (exact) mass is 856 g/mol. The Morgan fingerprint density at radius 1 is 0.887 bits per heavy atom. The van der Waals surface area contributed by atoms with Gasteiger partial charge in [-0.05, 0) is 80.3 Å². The van der Waals surface area contributed by atoms with Crippen molar-refractivity contribution in [3.63, 3.8) is 0 Å². The molecular weight excluding hydrogens is 802 g/mol. The number of amides is 2. The van der Waals surface area contributed by atoms with Gasteiger partial charge in [-0.25, -0.2) is 9.78 Å². The molecule has 0 spiro atoms. The van der Waals surface area contributed by atoms with E-state index >= 15 is 0 Å². The maximum absolute atomic E-state index is 13.1. The van der Waals surface area contributed by atoms with Crippen molar-refractivity contribution in [1.29, 1.82) is 0 Å². The number of piperidine rings is 1. The number of imidazole rings is 1. The van der Waals surface area contributed by atoms with Gasteiger partial charge >= 0.3 is 11.9 Å². The van der Waals surface area contributed by atoms with Crippen LogP contribution >= 0.6 is 0 Å². The summed E-state index contributed by atoms with van der Waals surface area (Å²) >= 11 is 0. The molecule has 330 valence electrons. The molecule has 4 fully saturated rings. The van der Waals surface area contributed by atoms with Crippen molar-refractivity contribution in [3.8, 4) is 11.1 Å². The molecule has 6 heterocycles. The molecule has 9 rings (SSSR count). The first kappa shape index (κ1) is 42.2.